The van der Waals surface area contributed by atoms with E-state index in [0.717, 1.165) is 15.6 Å². The highest BCUT2D eigenvalue weighted by Crippen LogP contribution is 2.35. The molecule has 0 heterocycles. The highest BCUT2D eigenvalue weighted by Gasteiger charge is 2.21. The van der Waals surface area contributed by atoms with Gasteiger partial charge < -0.3 is 5.11 Å². The van der Waals surface area contributed by atoms with E-state index in [1.54, 1.807) is 6.08 Å². The molecule has 1 nitrogen and oxygen atoms in total. The molecule has 0 aromatic heterocycles. The smallest absolute Gasteiger partial charge is 0.0893 e. The molecule has 0 saturated heterocycles. The molecule has 0 bridgehead atoms. The van der Waals surface area contributed by atoms with Gasteiger partial charge in [0.1, 0.15) is 0 Å². The van der Waals surface area contributed by atoms with Gasteiger partial charge in [-0.2, -0.15) is 0 Å². The number of rotatable bonds is 4. The summed E-state index contributed by atoms with van der Waals surface area (Å²) < 4.78 is 0.991. The van der Waals surface area contributed by atoms with Crippen LogP contribution >= 0.6 is 15.9 Å². The third-order valence-corrected chi connectivity index (χ3v) is 3.72. The van der Waals surface area contributed by atoms with Crippen molar-refractivity contribution in [1.29, 1.82) is 0 Å². The van der Waals surface area contributed by atoms with Crippen LogP contribution < -0.4 is 0 Å². The maximum absolute atomic E-state index is 10.5. The van der Waals surface area contributed by atoms with Crippen LogP contribution in [0.15, 0.2) is 71.7 Å². The lowest BCUT2D eigenvalue weighted by molar-refractivity contribution is 0.161. The molecule has 0 aliphatic heterocycles. The molecule has 2 heteroatoms. The van der Waals surface area contributed by atoms with E-state index in [4.69, 9.17) is 0 Å². The van der Waals surface area contributed by atoms with E-state index in [-0.39, 0.29) is 5.92 Å². The minimum Gasteiger partial charge on any atom is -0.387 e. The van der Waals surface area contributed by atoms with Gasteiger partial charge in [-0.15, -0.1) is 6.58 Å². The van der Waals surface area contributed by atoms with Gasteiger partial charge in [0.25, 0.3) is 0 Å². The van der Waals surface area contributed by atoms with Gasteiger partial charge in [-0.1, -0.05) is 70.5 Å². The molecule has 1 N–H and O–H groups in total. The fourth-order valence-electron chi connectivity index (χ4n) is 2.03. The van der Waals surface area contributed by atoms with E-state index in [0.29, 0.717) is 0 Å². The minimum absolute atomic E-state index is 0.122. The van der Waals surface area contributed by atoms with Crippen LogP contribution in [0.1, 0.15) is 23.1 Å². The topological polar surface area (TPSA) is 20.2 Å². The fraction of sp³-hybridized carbons (Fsp3) is 0.125. The van der Waals surface area contributed by atoms with Crippen molar-refractivity contribution in [3.8, 4) is 0 Å². The van der Waals surface area contributed by atoms with Crippen LogP contribution in [0.3, 0.4) is 0 Å². The van der Waals surface area contributed by atoms with Crippen molar-refractivity contribution in [2.75, 3.05) is 0 Å². The first-order chi connectivity index (χ1) is 8.74. The average molecular weight is 303 g/mol. The van der Waals surface area contributed by atoms with E-state index in [2.05, 4.69) is 22.5 Å². The predicted octanol–water partition coefficient (Wildman–Crippen LogP) is 4.45. The summed E-state index contributed by atoms with van der Waals surface area (Å²) in [6.45, 7) is 3.84. The van der Waals surface area contributed by atoms with Gasteiger partial charge in [0.2, 0.25) is 0 Å². The van der Waals surface area contributed by atoms with E-state index in [1.807, 2.05) is 54.6 Å². The molecule has 2 aromatic rings. The third-order valence-electron chi connectivity index (χ3n) is 3.00. The Bertz CT molecular complexity index is 522. The van der Waals surface area contributed by atoms with Gasteiger partial charge in [0, 0.05) is 10.4 Å². The van der Waals surface area contributed by atoms with Crippen LogP contribution in [-0.2, 0) is 0 Å². The second-order valence-corrected chi connectivity index (χ2v) is 4.99. The van der Waals surface area contributed by atoms with E-state index < -0.39 is 6.10 Å². The molecule has 2 atom stereocenters. The van der Waals surface area contributed by atoms with Crippen molar-refractivity contribution < 1.29 is 5.11 Å². The molecule has 0 aliphatic rings. The van der Waals surface area contributed by atoms with Gasteiger partial charge in [-0.05, 0) is 17.2 Å². The third kappa shape index (κ3) is 2.71. The van der Waals surface area contributed by atoms with Crippen molar-refractivity contribution in [2.24, 2.45) is 0 Å². The molecule has 92 valence electrons. The highest BCUT2D eigenvalue weighted by atomic mass is 79.9. The monoisotopic (exact) mass is 302 g/mol. The van der Waals surface area contributed by atoms with Crippen LogP contribution in [0.5, 0.6) is 0 Å². The fourth-order valence-corrected chi connectivity index (χ4v) is 2.58. The van der Waals surface area contributed by atoms with Gasteiger partial charge >= 0.3 is 0 Å². The van der Waals surface area contributed by atoms with Gasteiger partial charge in [-0.25, -0.2) is 0 Å². The summed E-state index contributed by atoms with van der Waals surface area (Å²) in [4.78, 5) is 0. The number of hydrogen-bond acceptors (Lipinski definition) is 1. The second kappa shape index (κ2) is 5.98. The molecule has 0 saturated carbocycles. The Morgan fingerprint density at radius 3 is 2.22 bits per heavy atom. The van der Waals surface area contributed by atoms with Crippen LogP contribution in [0, 0.1) is 0 Å². The number of benzene rings is 2. The molecule has 2 rings (SSSR count). The SMILES string of the molecule is C=C[C@H](c1ccccc1Br)[C@H](O)c1ccccc1. The zero-order valence-corrected chi connectivity index (χ0v) is 11.5. The summed E-state index contributed by atoms with van der Waals surface area (Å²) >= 11 is 3.52. The summed E-state index contributed by atoms with van der Waals surface area (Å²) in [5.41, 5.74) is 1.95. The summed E-state index contributed by atoms with van der Waals surface area (Å²) in [5.74, 6) is -0.122. The molecule has 0 radical (unpaired) electrons. The van der Waals surface area contributed by atoms with Crippen LogP contribution in [0.25, 0.3) is 0 Å². The maximum Gasteiger partial charge on any atom is 0.0893 e. The lowest BCUT2D eigenvalue weighted by Crippen LogP contribution is -2.09. The zero-order chi connectivity index (χ0) is 13.0. The normalized spacial score (nSPS) is 13.9. The van der Waals surface area contributed by atoms with Crippen LogP contribution in [0.4, 0.5) is 0 Å². The lowest BCUT2D eigenvalue weighted by Gasteiger charge is -2.21. The molecule has 0 fully saturated rings. The van der Waals surface area contributed by atoms with E-state index in [9.17, 15) is 5.11 Å². The van der Waals surface area contributed by atoms with Gasteiger partial charge in [0.05, 0.1) is 6.10 Å². The van der Waals surface area contributed by atoms with Crippen LogP contribution in [-0.4, -0.2) is 5.11 Å². The molecule has 0 aliphatic carbocycles. The van der Waals surface area contributed by atoms with Crippen molar-refractivity contribution in [3.05, 3.63) is 82.9 Å². The van der Waals surface area contributed by atoms with E-state index >= 15 is 0 Å². The predicted molar refractivity (Wildman–Crippen MR) is 78.5 cm³/mol. The number of halogens is 1. The molecule has 0 amide bonds. The second-order valence-electron chi connectivity index (χ2n) is 4.14. The van der Waals surface area contributed by atoms with Gasteiger partial charge in [-0.3, -0.25) is 0 Å². The number of aliphatic hydroxyl groups is 1. The Hall–Kier alpha value is -1.38. The molecule has 18 heavy (non-hydrogen) atoms. The van der Waals surface area contributed by atoms with Gasteiger partial charge in [0.15, 0.2) is 0 Å². The Morgan fingerprint density at radius 2 is 1.61 bits per heavy atom. The van der Waals surface area contributed by atoms with Crippen LogP contribution in [0.2, 0.25) is 0 Å². The maximum atomic E-state index is 10.5. The quantitative estimate of drug-likeness (QED) is 0.827. The Balaban J connectivity index is 2.35. The lowest BCUT2D eigenvalue weighted by atomic mass is 9.89. The Morgan fingerprint density at radius 1 is 1.00 bits per heavy atom. The first kappa shape index (κ1) is 13.1. The first-order valence-electron chi connectivity index (χ1n) is 5.84. The molecule has 0 unspecified atom stereocenters. The van der Waals surface area contributed by atoms with Crippen molar-refractivity contribution in [2.45, 2.75) is 12.0 Å². The molecular formula is C16H15BrO. The van der Waals surface area contributed by atoms with Crippen molar-refractivity contribution >= 4 is 15.9 Å². The van der Waals surface area contributed by atoms with E-state index in [1.165, 1.54) is 0 Å². The number of hydrogen-bond donors (Lipinski definition) is 1. The largest absolute Gasteiger partial charge is 0.387 e. The summed E-state index contributed by atoms with van der Waals surface area (Å²) in [6.07, 6.45) is 1.21. The van der Waals surface area contributed by atoms with Crippen molar-refractivity contribution in [1.82, 2.24) is 0 Å². The standard InChI is InChI=1S/C16H15BrO/c1-2-13(14-10-6-7-11-15(14)17)16(18)12-8-4-3-5-9-12/h2-11,13,16,18H,1H2/t13-,16-/m1/s1. The zero-order valence-electron chi connectivity index (χ0n) is 9.96. The molecule has 2 aromatic carbocycles. The van der Waals surface area contributed by atoms with Crippen molar-refractivity contribution in [3.63, 3.8) is 0 Å². The molecule has 0 spiro atoms. The minimum atomic E-state index is -0.581. The molecular weight excluding hydrogens is 288 g/mol. The average Bonchev–Trinajstić information content (AvgIpc) is 2.42. The summed E-state index contributed by atoms with van der Waals surface area (Å²) in [6, 6.07) is 17.6. The number of aliphatic hydroxyl groups excluding tert-OH is 1. The highest BCUT2D eigenvalue weighted by molar-refractivity contribution is 9.10. The first-order valence-corrected chi connectivity index (χ1v) is 6.63. The summed E-state index contributed by atoms with van der Waals surface area (Å²) in [5, 5.41) is 10.5. The Labute approximate surface area is 116 Å². The Kier molecular flexibility index (Phi) is 4.34. The summed E-state index contributed by atoms with van der Waals surface area (Å²) in [7, 11) is 0.